The molecule has 0 aliphatic carbocycles. The van der Waals surface area contributed by atoms with Gasteiger partial charge in [0.15, 0.2) is 0 Å². The number of sulfonamides is 1. The Labute approximate surface area is 122 Å². The molecule has 0 spiro atoms. The Balaban J connectivity index is 3.34. The third kappa shape index (κ3) is 3.92. The molecule has 21 heavy (non-hydrogen) atoms. The van der Waals surface area contributed by atoms with Gasteiger partial charge in [-0.3, -0.25) is 9.59 Å². The lowest BCUT2D eigenvalue weighted by Gasteiger charge is -2.20. The Morgan fingerprint density at radius 1 is 1.10 bits per heavy atom. The number of primary amides is 2. The minimum absolute atomic E-state index is 0.120. The first-order chi connectivity index (χ1) is 9.55. The van der Waals surface area contributed by atoms with Crippen molar-refractivity contribution in [2.24, 2.45) is 11.5 Å². The van der Waals surface area contributed by atoms with Crippen molar-refractivity contribution in [2.45, 2.75) is 18.7 Å². The summed E-state index contributed by atoms with van der Waals surface area (Å²) in [5, 5.41) is 0. The second-order valence-corrected chi connectivity index (χ2v) is 6.60. The molecule has 0 fully saturated rings. The molecule has 8 nitrogen and oxygen atoms in total. The van der Waals surface area contributed by atoms with E-state index in [2.05, 4.69) is 0 Å². The number of benzene rings is 1. The Bertz CT molecular complexity index is 645. The van der Waals surface area contributed by atoms with Crippen LogP contribution in [0.4, 0.5) is 5.69 Å². The van der Waals surface area contributed by atoms with Crippen molar-refractivity contribution >= 4 is 27.5 Å². The molecule has 0 radical (unpaired) electrons. The van der Waals surface area contributed by atoms with Gasteiger partial charge in [0.1, 0.15) is 0 Å². The zero-order valence-corrected chi connectivity index (χ0v) is 12.6. The summed E-state index contributed by atoms with van der Waals surface area (Å²) in [6.45, 7) is 2.18. The van der Waals surface area contributed by atoms with Crippen molar-refractivity contribution in [3.8, 4) is 0 Å². The maximum absolute atomic E-state index is 12.5. The topological polar surface area (TPSA) is 150 Å². The molecule has 1 aromatic carbocycles. The predicted molar refractivity (Wildman–Crippen MR) is 77.5 cm³/mol. The fraction of sp³-hybridized carbons (Fsp3) is 0.333. The lowest BCUT2D eigenvalue weighted by molar-refractivity contribution is -0.120. The van der Waals surface area contributed by atoms with Crippen molar-refractivity contribution < 1.29 is 18.0 Å². The van der Waals surface area contributed by atoms with E-state index in [9.17, 15) is 18.0 Å². The molecule has 0 heterocycles. The van der Waals surface area contributed by atoms with Crippen LogP contribution in [-0.4, -0.2) is 37.6 Å². The summed E-state index contributed by atoms with van der Waals surface area (Å²) >= 11 is 0. The van der Waals surface area contributed by atoms with Crippen LogP contribution in [0.25, 0.3) is 0 Å². The number of aryl methyl sites for hydroxylation is 1. The molecule has 0 saturated carbocycles. The zero-order valence-electron chi connectivity index (χ0n) is 11.8. The summed E-state index contributed by atoms with van der Waals surface area (Å²) < 4.78 is 25.6. The van der Waals surface area contributed by atoms with Crippen molar-refractivity contribution in [3.63, 3.8) is 0 Å². The second kappa shape index (κ2) is 6.10. The molecule has 0 aliphatic heterocycles. The van der Waals surface area contributed by atoms with Gasteiger partial charge in [-0.25, -0.2) is 8.42 Å². The van der Waals surface area contributed by atoms with E-state index in [0.717, 1.165) is 5.56 Å². The normalized spacial score (nSPS) is 11.6. The summed E-state index contributed by atoms with van der Waals surface area (Å²) in [5.41, 5.74) is 17.5. The fourth-order valence-corrected chi connectivity index (χ4v) is 3.22. The Morgan fingerprint density at radius 2 is 1.57 bits per heavy atom. The van der Waals surface area contributed by atoms with Gasteiger partial charge < -0.3 is 17.2 Å². The Hall–Kier alpha value is -2.13. The van der Waals surface area contributed by atoms with Gasteiger partial charge in [-0.2, -0.15) is 4.31 Å². The van der Waals surface area contributed by atoms with Gasteiger partial charge in [0.05, 0.1) is 18.0 Å². The zero-order chi connectivity index (χ0) is 16.4. The highest BCUT2D eigenvalue weighted by atomic mass is 32.2. The predicted octanol–water partition coefficient (Wildman–Crippen LogP) is -1.15. The molecule has 0 aliphatic rings. The lowest BCUT2D eigenvalue weighted by atomic mass is 10.1. The van der Waals surface area contributed by atoms with Gasteiger partial charge in [0.25, 0.3) is 0 Å². The van der Waals surface area contributed by atoms with Gasteiger partial charge in [-0.05, 0) is 37.1 Å². The average Bonchev–Trinajstić information content (AvgIpc) is 2.33. The van der Waals surface area contributed by atoms with Crippen molar-refractivity contribution in [3.05, 3.63) is 23.3 Å². The van der Waals surface area contributed by atoms with E-state index >= 15 is 0 Å². The molecule has 0 saturated heterocycles. The summed E-state index contributed by atoms with van der Waals surface area (Å²) in [7, 11) is -4.10. The van der Waals surface area contributed by atoms with Crippen LogP contribution >= 0.6 is 0 Å². The Kier molecular flexibility index (Phi) is 4.92. The summed E-state index contributed by atoms with van der Waals surface area (Å²) in [6.07, 6.45) is 0. The number of nitrogens with two attached hydrogens (primary N) is 3. The molecule has 0 bridgehead atoms. The van der Waals surface area contributed by atoms with Gasteiger partial charge in [0, 0.05) is 5.69 Å². The summed E-state index contributed by atoms with van der Waals surface area (Å²) in [5.74, 6) is -1.78. The van der Waals surface area contributed by atoms with Crippen LogP contribution in [0.2, 0.25) is 0 Å². The van der Waals surface area contributed by atoms with Crippen LogP contribution in [0.3, 0.4) is 0 Å². The van der Waals surface area contributed by atoms with E-state index in [-0.39, 0.29) is 4.90 Å². The second-order valence-electron chi connectivity index (χ2n) is 4.66. The van der Waals surface area contributed by atoms with Gasteiger partial charge in [-0.1, -0.05) is 0 Å². The Morgan fingerprint density at radius 3 is 1.95 bits per heavy atom. The number of amides is 2. The molecule has 2 amide bonds. The maximum Gasteiger partial charge on any atom is 0.244 e. The summed E-state index contributed by atoms with van der Waals surface area (Å²) in [4.78, 5) is 21.9. The minimum atomic E-state index is -4.10. The SMILES string of the molecule is Cc1cc(S(=O)(=O)N(CC(N)=O)CC(N)=O)cc(N)c1C. The molecule has 0 aromatic heterocycles. The van der Waals surface area contributed by atoms with Gasteiger partial charge in [0.2, 0.25) is 21.8 Å². The van der Waals surface area contributed by atoms with Gasteiger partial charge in [-0.15, -0.1) is 0 Å². The van der Waals surface area contributed by atoms with E-state index in [1.165, 1.54) is 12.1 Å². The van der Waals surface area contributed by atoms with E-state index in [1.54, 1.807) is 13.8 Å². The average molecular weight is 314 g/mol. The third-order valence-corrected chi connectivity index (χ3v) is 4.75. The largest absolute Gasteiger partial charge is 0.398 e. The molecule has 1 aromatic rings. The standard InChI is InChI=1S/C12H18N4O4S/c1-7-3-9(4-10(13)8(7)2)21(19,20)16(5-11(14)17)6-12(15)18/h3-4H,5-6,13H2,1-2H3,(H2,14,17)(H2,15,18). The number of carbonyl (C=O) groups is 2. The lowest BCUT2D eigenvalue weighted by Crippen LogP contribution is -2.43. The number of nitrogen functional groups attached to an aromatic ring is 1. The molecule has 9 heteroatoms. The summed E-state index contributed by atoms with van der Waals surface area (Å²) in [6, 6.07) is 2.68. The number of nitrogens with zero attached hydrogens (tertiary/aromatic N) is 1. The van der Waals surface area contributed by atoms with Gasteiger partial charge >= 0.3 is 0 Å². The number of anilines is 1. The molecule has 116 valence electrons. The quantitative estimate of drug-likeness (QED) is 0.566. The molecular weight excluding hydrogens is 296 g/mol. The van der Waals surface area contributed by atoms with Crippen LogP contribution in [0.5, 0.6) is 0 Å². The molecule has 0 unspecified atom stereocenters. The van der Waals surface area contributed by atoms with Crippen molar-refractivity contribution in [1.29, 1.82) is 0 Å². The van der Waals surface area contributed by atoms with E-state index in [4.69, 9.17) is 17.2 Å². The first kappa shape index (κ1) is 16.9. The molecule has 1 rings (SSSR count). The van der Waals surface area contributed by atoms with E-state index in [0.29, 0.717) is 15.6 Å². The van der Waals surface area contributed by atoms with Crippen LogP contribution < -0.4 is 17.2 Å². The highest BCUT2D eigenvalue weighted by molar-refractivity contribution is 7.89. The molecular formula is C12H18N4O4S. The molecule has 0 atom stereocenters. The van der Waals surface area contributed by atoms with Crippen molar-refractivity contribution in [2.75, 3.05) is 18.8 Å². The van der Waals surface area contributed by atoms with Crippen molar-refractivity contribution in [1.82, 2.24) is 4.31 Å². The number of rotatable bonds is 6. The first-order valence-electron chi connectivity index (χ1n) is 5.99. The number of hydrogen-bond acceptors (Lipinski definition) is 5. The van der Waals surface area contributed by atoms with E-state index in [1.807, 2.05) is 0 Å². The first-order valence-corrected chi connectivity index (χ1v) is 7.43. The third-order valence-electron chi connectivity index (χ3n) is 2.98. The van der Waals surface area contributed by atoms with Crippen LogP contribution in [-0.2, 0) is 19.6 Å². The fourth-order valence-electron chi connectivity index (χ4n) is 1.72. The smallest absolute Gasteiger partial charge is 0.244 e. The number of carbonyl (C=O) groups excluding carboxylic acids is 2. The molecule has 6 N–H and O–H groups in total. The minimum Gasteiger partial charge on any atom is -0.398 e. The maximum atomic E-state index is 12.5. The number of hydrogen-bond donors (Lipinski definition) is 3. The van der Waals surface area contributed by atoms with Crippen LogP contribution in [0, 0.1) is 13.8 Å². The highest BCUT2D eigenvalue weighted by Crippen LogP contribution is 2.23. The van der Waals surface area contributed by atoms with Crippen LogP contribution in [0.1, 0.15) is 11.1 Å². The van der Waals surface area contributed by atoms with Crippen LogP contribution in [0.15, 0.2) is 17.0 Å². The highest BCUT2D eigenvalue weighted by Gasteiger charge is 2.28. The van der Waals surface area contributed by atoms with E-state index < -0.39 is 34.9 Å². The monoisotopic (exact) mass is 314 g/mol.